The number of pyridine rings is 1. The van der Waals surface area contributed by atoms with Gasteiger partial charge in [-0.05, 0) is 40.5 Å². The fraction of sp³-hybridized carbons (Fsp3) is 0.214. The fourth-order valence-corrected chi connectivity index (χ4v) is 5.10. The molecule has 3 aromatic rings. The van der Waals surface area contributed by atoms with Crippen LogP contribution < -0.4 is 0 Å². The normalized spacial score (nSPS) is 12.0. The molecule has 24 heavy (non-hydrogen) atoms. The molecule has 0 radical (unpaired) electrons. The van der Waals surface area contributed by atoms with E-state index in [4.69, 9.17) is 23.2 Å². The Bertz CT molecular complexity index is 1070. The third-order valence-electron chi connectivity index (χ3n) is 3.21. The third kappa shape index (κ3) is 3.57. The minimum Gasteiger partial charge on any atom is -0.244 e. The summed E-state index contributed by atoms with van der Waals surface area (Å²) in [6, 6.07) is 1.68. The van der Waals surface area contributed by atoms with Crippen molar-refractivity contribution in [2.75, 3.05) is 6.26 Å². The molecule has 0 bridgehead atoms. The summed E-state index contributed by atoms with van der Waals surface area (Å²) >= 11 is 17.1. The highest BCUT2D eigenvalue weighted by Gasteiger charge is 2.18. The van der Waals surface area contributed by atoms with Gasteiger partial charge in [-0.1, -0.05) is 11.6 Å². The summed E-state index contributed by atoms with van der Waals surface area (Å²) in [6.07, 6.45) is 2.70. The lowest BCUT2D eigenvalue weighted by atomic mass is 10.1. The Hall–Kier alpha value is -0.800. The third-order valence-corrected chi connectivity index (χ3v) is 6.89. The van der Waals surface area contributed by atoms with Gasteiger partial charge in [-0.25, -0.2) is 23.4 Å². The van der Waals surface area contributed by atoms with Crippen LogP contribution in [-0.2, 0) is 15.6 Å². The lowest BCUT2D eigenvalue weighted by molar-refractivity contribution is 0.601. The number of aryl methyl sites for hydroxylation is 1. The highest BCUT2D eigenvalue weighted by molar-refractivity contribution is 9.10. The van der Waals surface area contributed by atoms with Crippen molar-refractivity contribution >= 4 is 70.5 Å². The summed E-state index contributed by atoms with van der Waals surface area (Å²) in [5.41, 5.74) is 2.38. The standard InChI is InChI=1S/C14H10BrCl2N3O2S2/c1-6-9(15)11-12(23-6)10(19-14(17)20-11)7-3-8(5-24(2,21)22)13(16)18-4-7/h3-4H,5H2,1-2H3. The molecule has 0 N–H and O–H groups in total. The van der Waals surface area contributed by atoms with Gasteiger partial charge in [0.05, 0.1) is 20.6 Å². The van der Waals surface area contributed by atoms with Gasteiger partial charge in [0.15, 0.2) is 9.84 Å². The van der Waals surface area contributed by atoms with Crippen LogP contribution in [-0.4, -0.2) is 29.6 Å². The van der Waals surface area contributed by atoms with Crippen molar-refractivity contribution in [2.24, 2.45) is 0 Å². The molecule has 0 aliphatic heterocycles. The summed E-state index contributed by atoms with van der Waals surface area (Å²) in [5, 5.41) is 0.264. The van der Waals surface area contributed by atoms with Crippen molar-refractivity contribution in [3.63, 3.8) is 0 Å². The average molecular weight is 467 g/mol. The van der Waals surface area contributed by atoms with E-state index in [0.29, 0.717) is 22.3 Å². The molecule has 3 heterocycles. The predicted octanol–water partition coefficient (Wildman–Crippen LogP) is 4.68. The zero-order valence-electron chi connectivity index (χ0n) is 12.5. The lowest BCUT2D eigenvalue weighted by Crippen LogP contribution is -2.03. The van der Waals surface area contributed by atoms with Crippen LogP contribution in [0.1, 0.15) is 10.4 Å². The number of aromatic nitrogens is 3. The predicted molar refractivity (Wildman–Crippen MR) is 102 cm³/mol. The first kappa shape index (κ1) is 18.0. The number of nitrogens with zero attached hydrogens (tertiary/aromatic N) is 3. The zero-order chi connectivity index (χ0) is 17.6. The summed E-state index contributed by atoms with van der Waals surface area (Å²) in [5.74, 6) is -0.193. The molecule has 0 fully saturated rings. The molecule has 0 atom stereocenters. The second kappa shape index (κ2) is 6.49. The number of fused-ring (bicyclic) bond motifs is 1. The molecule has 0 amide bonds. The molecule has 0 saturated carbocycles. The lowest BCUT2D eigenvalue weighted by Gasteiger charge is -2.07. The number of sulfone groups is 1. The summed E-state index contributed by atoms with van der Waals surface area (Å²) < 4.78 is 24.9. The van der Waals surface area contributed by atoms with Crippen LogP contribution in [0, 0.1) is 6.92 Å². The first-order valence-electron chi connectivity index (χ1n) is 6.60. The molecule has 3 aromatic heterocycles. The van der Waals surface area contributed by atoms with Gasteiger partial charge in [0.1, 0.15) is 10.7 Å². The minimum atomic E-state index is -3.24. The molecule has 126 valence electrons. The van der Waals surface area contributed by atoms with Gasteiger partial charge >= 0.3 is 0 Å². The second-order valence-corrected chi connectivity index (χ2v) is 10.1. The van der Waals surface area contributed by atoms with Crippen molar-refractivity contribution < 1.29 is 8.42 Å². The maximum absolute atomic E-state index is 11.6. The Balaban J connectivity index is 2.24. The van der Waals surface area contributed by atoms with Crippen molar-refractivity contribution in [1.29, 1.82) is 0 Å². The average Bonchev–Trinajstić information content (AvgIpc) is 2.75. The van der Waals surface area contributed by atoms with E-state index in [9.17, 15) is 8.42 Å². The van der Waals surface area contributed by atoms with E-state index < -0.39 is 9.84 Å². The highest BCUT2D eigenvalue weighted by Crippen LogP contribution is 2.39. The quantitative estimate of drug-likeness (QED) is 0.414. The Kier molecular flexibility index (Phi) is 4.87. The van der Waals surface area contributed by atoms with Crippen molar-refractivity contribution in [1.82, 2.24) is 15.0 Å². The Morgan fingerprint density at radius 2 is 2.00 bits per heavy atom. The largest absolute Gasteiger partial charge is 0.244 e. The molecule has 0 saturated heterocycles. The molecule has 3 rings (SSSR count). The first-order valence-corrected chi connectivity index (χ1v) is 11.0. The van der Waals surface area contributed by atoms with E-state index in [1.165, 1.54) is 11.3 Å². The van der Waals surface area contributed by atoms with E-state index in [0.717, 1.165) is 20.3 Å². The van der Waals surface area contributed by atoms with E-state index in [1.54, 1.807) is 12.3 Å². The molecule has 0 aromatic carbocycles. The van der Waals surface area contributed by atoms with Crippen molar-refractivity contribution in [3.8, 4) is 11.3 Å². The molecule has 5 nitrogen and oxygen atoms in total. The van der Waals surface area contributed by atoms with Crippen molar-refractivity contribution in [3.05, 3.63) is 37.6 Å². The second-order valence-electron chi connectivity index (χ2n) is 5.24. The topological polar surface area (TPSA) is 72.8 Å². The zero-order valence-corrected chi connectivity index (χ0v) is 17.2. The van der Waals surface area contributed by atoms with Crippen LogP contribution in [0.2, 0.25) is 10.4 Å². The Labute approximate surface area is 161 Å². The number of thiophene rings is 1. The van der Waals surface area contributed by atoms with Crippen LogP contribution in [0.15, 0.2) is 16.7 Å². The number of hydrogen-bond acceptors (Lipinski definition) is 6. The minimum absolute atomic E-state index is 0.107. The molecular weight excluding hydrogens is 457 g/mol. The Morgan fingerprint density at radius 3 is 2.67 bits per heavy atom. The Morgan fingerprint density at radius 1 is 1.29 bits per heavy atom. The van der Waals surface area contributed by atoms with Crippen LogP contribution in [0.4, 0.5) is 0 Å². The van der Waals surface area contributed by atoms with E-state index in [1.807, 2.05) is 6.92 Å². The highest BCUT2D eigenvalue weighted by atomic mass is 79.9. The fourth-order valence-electron chi connectivity index (χ4n) is 2.24. The van der Waals surface area contributed by atoms with Gasteiger partial charge in [0.25, 0.3) is 0 Å². The van der Waals surface area contributed by atoms with Gasteiger partial charge in [-0.2, -0.15) is 0 Å². The summed E-state index contributed by atoms with van der Waals surface area (Å²) in [4.78, 5) is 13.7. The molecule has 0 spiro atoms. The van der Waals surface area contributed by atoms with Gasteiger partial charge in [0, 0.05) is 28.5 Å². The van der Waals surface area contributed by atoms with Gasteiger partial charge in [-0.15, -0.1) is 11.3 Å². The maximum Gasteiger partial charge on any atom is 0.223 e. The monoisotopic (exact) mass is 465 g/mol. The summed E-state index contributed by atoms with van der Waals surface area (Å²) in [7, 11) is -3.24. The number of hydrogen-bond donors (Lipinski definition) is 0. The number of rotatable bonds is 3. The van der Waals surface area contributed by atoms with Crippen molar-refractivity contribution in [2.45, 2.75) is 12.7 Å². The van der Waals surface area contributed by atoms with Crippen LogP contribution in [0.25, 0.3) is 21.5 Å². The first-order chi connectivity index (χ1) is 11.2. The van der Waals surface area contributed by atoms with Crippen LogP contribution >= 0.6 is 50.5 Å². The number of halogens is 3. The molecule has 0 unspecified atom stereocenters. The van der Waals surface area contributed by atoms with Crippen LogP contribution in [0.5, 0.6) is 0 Å². The molecule has 0 aliphatic rings. The summed E-state index contributed by atoms with van der Waals surface area (Å²) in [6.45, 7) is 1.96. The SMILES string of the molecule is Cc1sc2c(-c3cnc(Cl)c(CS(C)(=O)=O)c3)nc(Cl)nc2c1Br. The van der Waals surface area contributed by atoms with Gasteiger partial charge in [-0.3, -0.25) is 0 Å². The van der Waals surface area contributed by atoms with Crippen LogP contribution in [0.3, 0.4) is 0 Å². The van der Waals surface area contributed by atoms with E-state index in [2.05, 4.69) is 30.9 Å². The van der Waals surface area contributed by atoms with E-state index >= 15 is 0 Å². The maximum atomic E-state index is 11.6. The van der Waals surface area contributed by atoms with Gasteiger partial charge in [0.2, 0.25) is 5.28 Å². The molecule has 10 heteroatoms. The molecule has 0 aliphatic carbocycles. The van der Waals surface area contributed by atoms with E-state index in [-0.39, 0.29) is 16.2 Å². The smallest absolute Gasteiger partial charge is 0.223 e. The van der Waals surface area contributed by atoms with Gasteiger partial charge < -0.3 is 0 Å². The molecular formula is C14H10BrCl2N3O2S2.